The van der Waals surface area contributed by atoms with Gasteiger partial charge >= 0.3 is 0 Å². The van der Waals surface area contributed by atoms with Crippen LogP contribution in [0, 0.1) is 6.92 Å². The van der Waals surface area contributed by atoms with Crippen molar-refractivity contribution < 1.29 is 28.6 Å². The molecule has 42 heavy (non-hydrogen) atoms. The Kier molecular flexibility index (Phi) is 7.34. The van der Waals surface area contributed by atoms with Crippen molar-refractivity contribution in [3.8, 4) is 17.2 Å². The summed E-state index contributed by atoms with van der Waals surface area (Å²) in [7, 11) is 1.55. The first-order valence-corrected chi connectivity index (χ1v) is 13.6. The molecule has 2 atom stereocenters. The zero-order valence-corrected chi connectivity index (χ0v) is 23.2. The molecule has 0 saturated carbocycles. The number of nitrogens with zero attached hydrogens (tertiary/aromatic N) is 4. The molecule has 216 valence electrons. The van der Waals surface area contributed by atoms with Crippen molar-refractivity contribution in [2.75, 3.05) is 26.8 Å². The molecule has 3 aliphatic heterocycles. The molecule has 0 radical (unpaired) electrons. The summed E-state index contributed by atoms with van der Waals surface area (Å²) in [6.45, 7) is 2.48. The number of fused-ring (bicyclic) bond motifs is 8. The van der Waals surface area contributed by atoms with Gasteiger partial charge in [0, 0.05) is 61.7 Å². The fourth-order valence-corrected chi connectivity index (χ4v) is 5.15. The maximum absolute atomic E-state index is 13.5. The van der Waals surface area contributed by atoms with Crippen molar-refractivity contribution in [3.63, 3.8) is 0 Å². The fraction of sp³-hybridized carbons (Fsp3) is 0.300. The van der Waals surface area contributed by atoms with E-state index in [1.807, 2.05) is 13.0 Å². The van der Waals surface area contributed by atoms with Crippen LogP contribution in [-0.2, 0) is 11.3 Å². The number of benzene rings is 2. The smallest absolute Gasteiger partial charge is 0.274 e. The zero-order valence-electron chi connectivity index (χ0n) is 23.2. The van der Waals surface area contributed by atoms with Crippen LogP contribution in [0.2, 0.25) is 0 Å². The van der Waals surface area contributed by atoms with E-state index < -0.39 is 12.1 Å². The summed E-state index contributed by atoms with van der Waals surface area (Å²) in [4.78, 5) is 45.4. The minimum absolute atomic E-state index is 0.208. The Morgan fingerprint density at radius 1 is 1.14 bits per heavy atom. The molecule has 12 nitrogen and oxygen atoms in total. The second kappa shape index (κ2) is 11.4. The predicted molar refractivity (Wildman–Crippen MR) is 151 cm³/mol. The number of ether oxygens (including phenoxy) is 3. The van der Waals surface area contributed by atoms with E-state index in [1.54, 1.807) is 71.4 Å². The van der Waals surface area contributed by atoms with Gasteiger partial charge < -0.3 is 29.7 Å². The molecular formula is C30H30N6O6. The van der Waals surface area contributed by atoms with Crippen LogP contribution in [0.5, 0.6) is 17.2 Å². The lowest BCUT2D eigenvalue weighted by molar-refractivity contribution is -0.123. The molecular weight excluding hydrogens is 540 g/mol. The average Bonchev–Trinajstić information content (AvgIpc) is 3.44. The van der Waals surface area contributed by atoms with Gasteiger partial charge in [-0.25, -0.2) is 9.50 Å². The summed E-state index contributed by atoms with van der Waals surface area (Å²) in [5, 5.41) is 10.3. The molecule has 3 amide bonds. The highest BCUT2D eigenvalue weighted by molar-refractivity contribution is 5.95. The maximum atomic E-state index is 13.5. The van der Waals surface area contributed by atoms with Gasteiger partial charge in [-0.05, 0) is 42.8 Å². The third kappa shape index (κ3) is 5.55. The summed E-state index contributed by atoms with van der Waals surface area (Å²) in [6, 6.07) is 13.3. The van der Waals surface area contributed by atoms with Crippen molar-refractivity contribution in [1.82, 2.24) is 30.1 Å². The second-order valence-corrected chi connectivity index (χ2v) is 10.2. The van der Waals surface area contributed by atoms with Crippen molar-refractivity contribution >= 4 is 23.4 Å². The van der Waals surface area contributed by atoms with Crippen LogP contribution in [0.25, 0.3) is 5.65 Å². The van der Waals surface area contributed by atoms with Crippen molar-refractivity contribution in [3.05, 3.63) is 83.3 Å². The number of aromatic nitrogens is 3. The van der Waals surface area contributed by atoms with E-state index in [9.17, 15) is 14.4 Å². The average molecular weight is 571 g/mol. The molecule has 2 aromatic carbocycles. The van der Waals surface area contributed by atoms with Crippen molar-refractivity contribution in [2.24, 2.45) is 0 Å². The number of carbonyl (C=O) groups excluding carboxylic acids is 3. The number of hydrogen-bond acceptors (Lipinski definition) is 8. The number of rotatable bonds is 2. The van der Waals surface area contributed by atoms with Gasteiger partial charge in [0.2, 0.25) is 0 Å². The van der Waals surface area contributed by atoms with Gasteiger partial charge in [0.25, 0.3) is 17.7 Å². The summed E-state index contributed by atoms with van der Waals surface area (Å²) in [5.41, 5.74) is 2.76. The van der Waals surface area contributed by atoms with Crippen LogP contribution in [0.3, 0.4) is 0 Å². The zero-order chi connectivity index (χ0) is 29.2. The molecule has 4 bridgehead atoms. The van der Waals surface area contributed by atoms with Crippen molar-refractivity contribution in [2.45, 2.75) is 32.0 Å². The molecule has 5 heterocycles. The van der Waals surface area contributed by atoms with Gasteiger partial charge in [-0.1, -0.05) is 6.07 Å². The third-order valence-corrected chi connectivity index (χ3v) is 7.44. The largest absolute Gasteiger partial charge is 0.496 e. The number of aryl methyl sites for hydroxylation is 1. The molecule has 2 aromatic heterocycles. The molecule has 0 unspecified atom stereocenters. The number of piperidine rings is 1. The van der Waals surface area contributed by atoms with E-state index in [4.69, 9.17) is 14.2 Å². The lowest BCUT2D eigenvalue weighted by atomic mass is 10.00. The molecule has 0 aliphatic carbocycles. The molecule has 0 spiro atoms. The number of nitrogens with one attached hydrogen (secondary N) is 2. The minimum atomic E-state index is -0.541. The Labute approximate surface area is 241 Å². The summed E-state index contributed by atoms with van der Waals surface area (Å²) < 4.78 is 19.3. The predicted octanol–water partition coefficient (Wildman–Crippen LogP) is 2.15. The van der Waals surface area contributed by atoms with E-state index >= 15 is 0 Å². The Hall–Kier alpha value is -5.13. The van der Waals surface area contributed by atoms with Gasteiger partial charge in [-0.2, -0.15) is 5.10 Å². The normalized spacial score (nSPS) is 19.1. The SMILES string of the molecule is COc1cc2ccc1CNC(=O)COc1cc(ccc1C)C(=O)N[C@H]1CN(C(=O)c3cc4ncccn4n3)CC[C@H]1O2. The van der Waals surface area contributed by atoms with Crippen LogP contribution in [0.4, 0.5) is 0 Å². The standard InChI is InChI=1S/C30H30N6O6/c1-18-4-5-19-12-25(18)41-17-28(37)32-15-20-6-7-21(13-26(20)40-2)42-24-8-11-35(16-23(24)33-29(19)38)30(39)22-14-27-31-9-3-10-36(27)34-22/h3-7,9-10,12-14,23-24H,8,11,15-17H2,1-2H3,(H,32,37)(H,33,38)/t23-,24+/m0/s1. The van der Waals surface area contributed by atoms with Crippen LogP contribution in [-0.4, -0.2) is 76.2 Å². The monoisotopic (exact) mass is 570 g/mol. The summed E-state index contributed by atoms with van der Waals surface area (Å²) in [6.07, 6.45) is 3.40. The van der Waals surface area contributed by atoms with E-state index in [0.29, 0.717) is 41.4 Å². The molecule has 12 heteroatoms. The first-order chi connectivity index (χ1) is 20.4. The van der Waals surface area contributed by atoms with Gasteiger partial charge in [-0.15, -0.1) is 0 Å². The number of methoxy groups -OCH3 is 1. The Bertz CT molecular complexity index is 1640. The maximum Gasteiger partial charge on any atom is 0.274 e. The quantitative estimate of drug-likeness (QED) is 0.374. The molecule has 1 fully saturated rings. The van der Waals surface area contributed by atoms with E-state index in [1.165, 1.54) is 0 Å². The second-order valence-electron chi connectivity index (χ2n) is 10.2. The lowest BCUT2D eigenvalue weighted by Gasteiger charge is -2.38. The topological polar surface area (TPSA) is 136 Å². The number of hydrogen-bond donors (Lipinski definition) is 2. The van der Waals surface area contributed by atoms with Gasteiger partial charge in [0.15, 0.2) is 17.9 Å². The number of likely N-dealkylation sites (tertiary alicyclic amines) is 1. The number of amides is 3. The molecule has 7 rings (SSSR count). The van der Waals surface area contributed by atoms with Crippen LogP contribution < -0.4 is 24.8 Å². The van der Waals surface area contributed by atoms with Crippen molar-refractivity contribution in [1.29, 1.82) is 0 Å². The van der Waals surface area contributed by atoms with E-state index in [0.717, 1.165) is 11.1 Å². The minimum Gasteiger partial charge on any atom is -0.496 e. The highest BCUT2D eigenvalue weighted by Gasteiger charge is 2.35. The van der Waals surface area contributed by atoms with Gasteiger partial charge in [0.1, 0.15) is 23.4 Å². The highest BCUT2D eigenvalue weighted by Crippen LogP contribution is 2.28. The third-order valence-electron chi connectivity index (χ3n) is 7.44. The molecule has 3 aliphatic rings. The molecule has 4 aromatic rings. The lowest BCUT2D eigenvalue weighted by Crippen LogP contribution is -2.58. The highest BCUT2D eigenvalue weighted by atomic mass is 16.5. The van der Waals surface area contributed by atoms with E-state index in [-0.39, 0.29) is 43.1 Å². The Morgan fingerprint density at radius 2 is 2.02 bits per heavy atom. The van der Waals surface area contributed by atoms with Gasteiger partial charge in [0.05, 0.1) is 13.2 Å². The summed E-state index contributed by atoms with van der Waals surface area (Å²) >= 11 is 0. The first kappa shape index (κ1) is 27.1. The first-order valence-electron chi connectivity index (χ1n) is 13.6. The van der Waals surface area contributed by atoms with E-state index in [2.05, 4.69) is 20.7 Å². The Balaban J connectivity index is 1.31. The Morgan fingerprint density at radius 3 is 2.86 bits per heavy atom. The van der Waals surface area contributed by atoms with Crippen LogP contribution in [0.15, 0.2) is 60.9 Å². The van der Waals surface area contributed by atoms with Crippen LogP contribution in [0.1, 0.15) is 38.4 Å². The fourth-order valence-electron chi connectivity index (χ4n) is 5.15. The number of carbonyl (C=O) groups is 3. The summed E-state index contributed by atoms with van der Waals surface area (Å²) in [5.74, 6) is 0.597. The van der Waals surface area contributed by atoms with Crippen LogP contribution >= 0.6 is 0 Å². The molecule has 1 saturated heterocycles. The molecule has 2 N–H and O–H groups in total. The van der Waals surface area contributed by atoms with Gasteiger partial charge in [-0.3, -0.25) is 14.4 Å².